The molecule has 5 rings (SSSR count). The molecule has 7 heteroatoms. The van der Waals surface area contributed by atoms with Crippen LogP contribution in [-0.4, -0.2) is 51.5 Å². The molecule has 30 heavy (non-hydrogen) atoms. The quantitative estimate of drug-likeness (QED) is 0.439. The van der Waals surface area contributed by atoms with Crippen LogP contribution in [0.25, 0.3) is 22.6 Å². The maximum absolute atomic E-state index is 5.85. The van der Waals surface area contributed by atoms with Crippen molar-refractivity contribution in [2.24, 2.45) is 0 Å². The summed E-state index contributed by atoms with van der Waals surface area (Å²) in [6, 6.07) is 12.1. The molecule has 0 bridgehead atoms. The minimum Gasteiger partial charge on any atom is -0.491 e. The van der Waals surface area contributed by atoms with Gasteiger partial charge in [0.05, 0.1) is 36.6 Å². The first-order chi connectivity index (χ1) is 14.9. The first kappa shape index (κ1) is 18.8. The van der Waals surface area contributed by atoms with E-state index in [1.54, 1.807) is 12.5 Å². The lowest BCUT2D eigenvalue weighted by atomic mass is 10.1. The normalized spacial score (nSPS) is 14.9. The first-order valence-electron chi connectivity index (χ1n) is 10.2. The standard InChI is InChI=1S/C23H24N4O3/c1-4-20(29-13-14-30-21-7-11-28-12-8-21)5-2-18(1)22-15-25-23-6-3-19(16-27(22)23)26-10-9-24-17-26/h1-6,9-10,15-17,21H,7-8,11-14H2. The molecule has 4 heterocycles. The van der Waals surface area contributed by atoms with Gasteiger partial charge < -0.3 is 18.8 Å². The van der Waals surface area contributed by atoms with Crippen molar-refractivity contribution in [2.75, 3.05) is 26.4 Å². The summed E-state index contributed by atoms with van der Waals surface area (Å²) < 4.78 is 21.1. The van der Waals surface area contributed by atoms with Crippen LogP contribution in [0.15, 0.2) is 67.5 Å². The lowest BCUT2D eigenvalue weighted by Crippen LogP contribution is -2.25. The van der Waals surface area contributed by atoms with Crippen molar-refractivity contribution in [1.82, 2.24) is 18.9 Å². The number of rotatable bonds is 7. The molecule has 0 unspecified atom stereocenters. The molecule has 0 N–H and O–H groups in total. The van der Waals surface area contributed by atoms with Gasteiger partial charge in [-0.15, -0.1) is 0 Å². The van der Waals surface area contributed by atoms with E-state index in [0.29, 0.717) is 19.3 Å². The summed E-state index contributed by atoms with van der Waals surface area (Å²) in [5, 5.41) is 0. The molecule has 1 aromatic carbocycles. The molecule has 0 aliphatic carbocycles. The Balaban J connectivity index is 1.25. The third kappa shape index (κ3) is 4.08. The number of fused-ring (bicyclic) bond motifs is 1. The molecule has 3 aromatic heterocycles. The second-order valence-electron chi connectivity index (χ2n) is 7.28. The van der Waals surface area contributed by atoms with E-state index in [1.807, 2.05) is 41.2 Å². The second-order valence-corrected chi connectivity index (χ2v) is 7.28. The number of nitrogens with zero attached hydrogens (tertiary/aromatic N) is 4. The van der Waals surface area contributed by atoms with Gasteiger partial charge in [-0.3, -0.25) is 4.40 Å². The van der Waals surface area contributed by atoms with E-state index in [0.717, 1.165) is 54.4 Å². The Morgan fingerprint density at radius 2 is 1.90 bits per heavy atom. The molecular formula is C23H24N4O3. The van der Waals surface area contributed by atoms with Crippen LogP contribution in [0, 0.1) is 0 Å². The first-order valence-corrected chi connectivity index (χ1v) is 10.2. The largest absolute Gasteiger partial charge is 0.491 e. The maximum atomic E-state index is 5.85. The van der Waals surface area contributed by atoms with Gasteiger partial charge in [0.2, 0.25) is 0 Å². The van der Waals surface area contributed by atoms with Crippen molar-refractivity contribution in [3.63, 3.8) is 0 Å². The fourth-order valence-electron chi connectivity index (χ4n) is 3.69. The van der Waals surface area contributed by atoms with E-state index in [4.69, 9.17) is 14.2 Å². The molecule has 1 aliphatic heterocycles. The van der Waals surface area contributed by atoms with E-state index < -0.39 is 0 Å². The van der Waals surface area contributed by atoms with Crippen LogP contribution in [0.5, 0.6) is 5.75 Å². The van der Waals surface area contributed by atoms with E-state index >= 15 is 0 Å². The van der Waals surface area contributed by atoms with Gasteiger partial charge in [-0.2, -0.15) is 0 Å². The minimum absolute atomic E-state index is 0.298. The lowest BCUT2D eigenvalue weighted by Gasteiger charge is -2.22. The third-order valence-electron chi connectivity index (χ3n) is 5.32. The molecule has 0 spiro atoms. The zero-order valence-electron chi connectivity index (χ0n) is 16.7. The average molecular weight is 404 g/mol. The molecule has 0 atom stereocenters. The molecule has 1 fully saturated rings. The summed E-state index contributed by atoms with van der Waals surface area (Å²) in [6.45, 7) is 2.72. The Hall–Kier alpha value is -3.16. The maximum Gasteiger partial charge on any atom is 0.137 e. The van der Waals surface area contributed by atoms with Crippen molar-refractivity contribution in [1.29, 1.82) is 0 Å². The lowest BCUT2D eigenvalue weighted by molar-refractivity contribution is -0.0388. The summed E-state index contributed by atoms with van der Waals surface area (Å²) in [6.07, 6.45) is 11.7. The molecule has 1 saturated heterocycles. The van der Waals surface area contributed by atoms with Gasteiger partial charge >= 0.3 is 0 Å². The Morgan fingerprint density at radius 1 is 1.03 bits per heavy atom. The van der Waals surface area contributed by atoms with E-state index in [-0.39, 0.29) is 0 Å². The van der Waals surface area contributed by atoms with Gasteiger partial charge in [0, 0.05) is 37.4 Å². The smallest absolute Gasteiger partial charge is 0.137 e. The Bertz CT molecular complexity index is 1080. The van der Waals surface area contributed by atoms with Crippen LogP contribution >= 0.6 is 0 Å². The van der Waals surface area contributed by atoms with Crippen LogP contribution in [0.2, 0.25) is 0 Å². The molecular weight excluding hydrogens is 380 g/mol. The predicted octanol–water partition coefficient (Wildman–Crippen LogP) is 3.76. The third-order valence-corrected chi connectivity index (χ3v) is 5.32. The minimum atomic E-state index is 0.298. The topological polar surface area (TPSA) is 62.8 Å². The highest BCUT2D eigenvalue weighted by Gasteiger charge is 2.13. The zero-order chi connectivity index (χ0) is 20.2. The Labute approximate surface area is 174 Å². The predicted molar refractivity (Wildman–Crippen MR) is 113 cm³/mol. The summed E-state index contributed by atoms with van der Waals surface area (Å²) >= 11 is 0. The molecule has 0 radical (unpaired) electrons. The van der Waals surface area contributed by atoms with Crippen LogP contribution in [0.4, 0.5) is 0 Å². The van der Waals surface area contributed by atoms with Crippen molar-refractivity contribution >= 4 is 5.65 Å². The van der Waals surface area contributed by atoms with E-state index in [1.165, 1.54) is 0 Å². The fourth-order valence-corrected chi connectivity index (χ4v) is 3.69. The van der Waals surface area contributed by atoms with E-state index in [2.05, 4.69) is 32.7 Å². The summed E-state index contributed by atoms with van der Waals surface area (Å²) in [5.41, 5.74) is 4.04. The second kappa shape index (κ2) is 8.69. The SMILES string of the molecule is c1cn(-c2ccc3ncc(-c4ccc(OCCOC5CCOCC5)cc4)n3c2)cn1. The zero-order valence-corrected chi connectivity index (χ0v) is 16.7. The van der Waals surface area contributed by atoms with Crippen molar-refractivity contribution in [2.45, 2.75) is 18.9 Å². The van der Waals surface area contributed by atoms with Crippen molar-refractivity contribution in [3.05, 3.63) is 67.5 Å². The molecule has 7 nitrogen and oxygen atoms in total. The molecule has 0 saturated carbocycles. The highest BCUT2D eigenvalue weighted by Crippen LogP contribution is 2.24. The molecule has 0 amide bonds. The molecule has 4 aromatic rings. The van der Waals surface area contributed by atoms with E-state index in [9.17, 15) is 0 Å². The van der Waals surface area contributed by atoms with Crippen LogP contribution in [-0.2, 0) is 9.47 Å². The van der Waals surface area contributed by atoms with Gasteiger partial charge in [-0.1, -0.05) is 0 Å². The summed E-state index contributed by atoms with van der Waals surface area (Å²) in [7, 11) is 0. The highest BCUT2D eigenvalue weighted by molar-refractivity contribution is 5.65. The number of ether oxygens (including phenoxy) is 3. The van der Waals surface area contributed by atoms with Gasteiger partial charge in [0.15, 0.2) is 0 Å². The summed E-state index contributed by atoms with van der Waals surface area (Å²) in [4.78, 5) is 8.65. The molecule has 154 valence electrons. The van der Waals surface area contributed by atoms with Crippen molar-refractivity contribution in [3.8, 4) is 22.7 Å². The number of imidazole rings is 2. The number of hydrogen-bond acceptors (Lipinski definition) is 5. The Kier molecular flexibility index (Phi) is 5.46. The number of hydrogen-bond donors (Lipinski definition) is 0. The van der Waals surface area contributed by atoms with Gasteiger partial charge in [0.1, 0.15) is 18.0 Å². The number of benzene rings is 1. The average Bonchev–Trinajstić information content (AvgIpc) is 3.48. The van der Waals surface area contributed by atoms with Crippen LogP contribution < -0.4 is 4.74 Å². The van der Waals surface area contributed by atoms with Gasteiger partial charge in [-0.05, 0) is 49.2 Å². The summed E-state index contributed by atoms with van der Waals surface area (Å²) in [5.74, 6) is 0.835. The highest BCUT2D eigenvalue weighted by atomic mass is 16.5. The van der Waals surface area contributed by atoms with Crippen LogP contribution in [0.1, 0.15) is 12.8 Å². The van der Waals surface area contributed by atoms with Crippen molar-refractivity contribution < 1.29 is 14.2 Å². The van der Waals surface area contributed by atoms with Gasteiger partial charge in [0.25, 0.3) is 0 Å². The fraction of sp³-hybridized carbons (Fsp3) is 0.304. The Morgan fingerprint density at radius 3 is 2.70 bits per heavy atom. The number of pyridine rings is 1. The monoisotopic (exact) mass is 404 g/mol. The van der Waals surface area contributed by atoms with Gasteiger partial charge in [-0.25, -0.2) is 9.97 Å². The number of aromatic nitrogens is 4. The van der Waals surface area contributed by atoms with Crippen LogP contribution in [0.3, 0.4) is 0 Å². The molecule has 1 aliphatic rings.